The van der Waals surface area contributed by atoms with Crippen molar-refractivity contribution in [1.82, 2.24) is 0 Å². The molecule has 0 radical (unpaired) electrons. The molecule has 18 aromatic rings. The molecule has 6 nitrogen and oxygen atoms in total. The van der Waals surface area contributed by atoms with Gasteiger partial charge in [0.05, 0.1) is 43.4 Å². The topological polar surface area (TPSA) is 23.3 Å². The van der Waals surface area contributed by atoms with E-state index in [1.807, 2.05) is 0 Å². The zero-order chi connectivity index (χ0) is 90.2. The lowest BCUT2D eigenvalue weighted by molar-refractivity contribution is -0.659. The summed E-state index contributed by atoms with van der Waals surface area (Å²) in [5, 5.41) is 15.8. The van der Waals surface area contributed by atoms with Gasteiger partial charge in [-0.15, -0.1) is 0 Å². The zero-order valence-corrected chi connectivity index (χ0v) is 80.0. The highest BCUT2D eigenvalue weighted by Gasteiger charge is 2.25. The van der Waals surface area contributed by atoms with Gasteiger partial charge in [0.25, 0.3) is 0 Å². The van der Waals surface area contributed by atoms with Crippen LogP contribution in [0.5, 0.6) is 0 Å². The number of fused-ring (bicyclic) bond motifs is 6. The third-order valence-electron chi connectivity index (χ3n) is 25.6. The van der Waals surface area contributed by atoms with Gasteiger partial charge < -0.3 is 0 Å². The van der Waals surface area contributed by atoms with Gasteiger partial charge in [-0.3, -0.25) is 0 Å². The van der Waals surface area contributed by atoms with E-state index < -0.39 is 0 Å². The van der Waals surface area contributed by atoms with E-state index in [2.05, 4.69) is 494 Å². The average molecular weight is 1660 g/mol. The van der Waals surface area contributed by atoms with Crippen LogP contribution in [0.3, 0.4) is 0 Å². The van der Waals surface area contributed by atoms with Crippen molar-refractivity contribution in [3.63, 3.8) is 0 Å². The molecule has 636 valence electrons. The minimum absolute atomic E-state index is 0.543. The van der Waals surface area contributed by atoms with E-state index in [1.54, 1.807) is 0 Å². The maximum Gasteiger partial charge on any atom is 0.220 e. The average Bonchev–Trinajstić information content (AvgIpc) is 0.788. The first-order valence-corrected chi connectivity index (χ1v) is 45.2. The fourth-order valence-corrected chi connectivity index (χ4v) is 18.1. The van der Waals surface area contributed by atoms with Crippen molar-refractivity contribution in [3.05, 3.63) is 392 Å². The highest BCUT2D eigenvalue weighted by molar-refractivity contribution is 5.99. The van der Waals surface area contributed by atoms with Gasteiger partial charge in [-0.2, -0.15) is 0 Å². The lowest BCUT2D eigenvalue weighted by Crippen LogP contribution is -2.31. The molecule has 0 N–H and O–H groups in total. The summed E-state index contributed by atoms with van der Waals surface area (Å²) in [4.78, 5) is 0. The van der Waals surface area contributed by atoms with Crippen molar-refractivity contribution in [2.45, 2.75) is 164 Å². The smallest absolute Gasteiger partial charge is 0.200 e. The molecule has 0 fully saturated rings. The highest BCUT2D eigenvalue weighted by Crippen LogP contribution is 2.38. The summed E-state index contributed by atoms with van der Waals surface area (Å²) in [6.45, 7) is 43.8. The minimum atomic E-state index is 0.543. The molecule has 0 spiro atoms. The Morgan fingerprint density at radius 2 is 0.500 bits per heavy atom. The predicted molar refractivity (Wildman–Crippen MR) is 537 cm³/mol. The van der Waals surface area contributed by atoms with Gasteiger partial charge in [-0.25, -0.2) is 27.4 Å². The fourth-order valence-electron chi connectivity index (χ4n) is 18.1. The van der Waals surface area contributed by atoms with Crippen LogP contribution in [0.1, 0.15) is 146 Å². The first-order chi connectivity index (χ1) is 60.3. The summed E-state index contributed by atoms with van der Waals surface area (Å²) in [6.07, 6.45) is 16.2. The van der Waals surface area contributed by atoms with Crippen molar-refractivity contribution in [2.75, 3.05) is 0 Å². The Labute approximate surface area is 752 Å². The molecule has 0 aliphatic rings. The van der Waals surface area contributed by atoms with E-state index >= 15 is 0 Å². The van der Waals surface area contributed by atoms with Gasteiger partial charge in [-0.05, 0) is 295 Å². The van der Waals surface area contributed by atoms with Crippen LogP contribution in [0, 0.1) is 104 Å². The van der Waals surface area contributed by atoms with Crippen LogP contribution >= 0.6 is 0 Å². The van der Waals surface area contributed by atoms with Crippen molar-refractivity contribution in [3.8, 4) is 67.5 Å². The van der Waals surface area contributed by atoms with Gasteiger partial charge in [0.15, 0.2) is 37.2 Å². The second-order valence-electron chi connectivity index (χ2n) is 35.9. The Kier molecular flexibility index (Phi) is 28.5. The van der Waals surface area contributed by atoms with Gasteiger partial charge in [0.2, 0.25) is 34.2 Å². The lowest BCUT2D eigenvalue weighted by atomic mass is 9.92. The molecule has 0 saturated heterocycles. The van der Waals surface area contributed by atoms with Crippen LogP contribution < -0.4 is 27.4 Å². The summed E-state index contributed by atoms with van der Waals surface area (Å²) in [5.74, 6) is 0.543. The van der Waals surface area contributed by atoms with Gasteiger partial charge in [0, 0.05) is 58.7 Å². The van der Waals surface area contributed by atoms with Crippen LogP contribution in [0.4, 0.5) is 0 Å². The Bertz CT molecular complexity index is 7130. The molecule has 0 atom stereocenters. The summed E-state index contributed by atoms with van der Waals surface area (Å²) in [7, 11) is 12.8. The van der Waals surface area contributed by atoms with Crippen molar-refractivity contribution in [2.24, 2.45) is 42.3 Å². The van der Waals surface area contributed by atoms with Crippen LogP contribution in [0.15, 0.2) is 286 Å². The first-order valence-electron chi connectivity index (χ1n) is 45.2. The van der Waals surface area contributed by atoms with Gasteiger partial charge in [-0.1, -0.05) is 219 Å². The third-order valence-corrected chi connectivity index (χ3v) is 25.6. The van der Waals surface area contributed by atoms with E-state index in [4.69, 9.17) is 0 Å². The molecule has 6 heterocycles. The maximum absolute atomic E-state index is 2.38. The molecule has 0 amide bonds. The summed E-state index contributed by atoms with van der Waals surface area (Å²) >= 11 is 0. The normalized spacial score (nSPS) is 11.1. The molecule has 18 rings (SSSR count). The Balaban J connectivity index is 0.000000130. The second kappa shape index (κ2) is 39.5. The number of rotatable bonds is 10. The number of hydrogen-bond donors (Lipinski definition) is 0. The molecule has 12 aromatic carbocycles. The Hall–Kier alpha value is -12.9. The molecule has 0 aliphatic heterocycles. The van der Waals surface area contributed by atoms with E-state index in [-0.39, 0.29) is 0 Å². The first kappa shape index (κ1) is 90.8. The number of aryl methyl sites for hydroxylation is 22. The minimum Gasteiger partial charge on any atom is -0.200 e. The number of aromatic nitrogens is 6. The molecule has 126 heavy (non-hydrogen) atoms. The fraction of sp³-hybridized carbons (Fsp3) is 0.250. The van der Waals surface area contributed by atoms with Gasteiger partial charge >= 0.3 is 0 Å². The van der Waals surface area contributed by atoms with Crippen LogP contribution in [0.25, 0.3) is 132 Å². The van der Waals surface area contributed by atoms with Gasteiger partial charge in [0.1, 0.15) is 42.3 Å². The number of hydrogen-bond acceptors (Lipinski definition) is 0. The molecule has 6 aromatic heterocycles. The standard InChI is InChI=1S/C22H26N.C21H24N.2C20H22N.C19H20N.C18H18N/c1-6-17-13-18(7-2)16(4)21(14-17)22-20-9-8-15(3)12-19(20)10-11-23(22)5;1-14(2)17-8-7-16(4)20(13-17)21-19-9-6-15(3)12-18(19)10-11-22(21)5;1-13-6-7-18-17(11-13)8-9-21(5)20(18)19-12-14(2)10-15(3)16(19)4;1-5-16-8-7-15(3)19(13-16)20-18-9-6-14(2)12-17(18)10-11-21(20)4;1-13-6-8-17-16(11-13)9-10-20(4)19(17)18-12-14(2)5-7-15(18)3;1-13-8-9-17-15(12-13)10-11-19(3)18(17)16-7-5-4-6-14(16)2/h8-14H,6-7H2,1-5H3;6-14H,1-5H3;6-12H,1-5H3;6-13H,5H2,1-4H3;5-12H,1-4H3;4-12H,1-3H3/q6*+1. The largest absolute Gasteiger partial charge is 0.220 e. The predicted octanol–water partition coefficient (Wildman–Crippen LogP) is 27.4. The third kappa shape index (κ3) is 20.1. The second-order valence-corrected chi connectivity index (χ2v) is 35.9. The molecule has 0 aliphatic carbocycles. The molecule has 0 saturated carbocycles. The molecular formula is C120H132N6+6. The Morgan fingerprint density at radius 3 is 0.857 bits per heavy atom. The van der Waals surface area contributed by atoms with E-state index in [0.717, 1.165) is 19.3 Å². The molecule has 0 bridgehead atoms. The van der Waals surface area contributed by atoms with E-state index in [1.165, 1.54) is 238 Å². The van der Waals surface area contributed by atoms with Crippen molar-refractivity contribution >= 4 is 64.6 Å². The molecule has 6 heteroatoms. The van der Waals surface area contributed by atoms with E-state index in [9.17, 15) is 0 Å². The SMILES string of the molecule is CCc1cc(CC)c(C)c(-c2c3ccc(C)cc3cc[n+]2C)c1.CCc1ccc(C)c(-c2c3ccc(C)cc3cc[n+]2C)c1.Cc1cc(C)c(C)c(-c2c3ccc(C)cc3cc[n+]2C)c1.Cc1ccc(C)c(-c2c3ccc(C)cc3cc[n+]2C)c1.Cc1ccc2c(-c3cc(C(C)C)ccc3C)[n+](C)ccc2c1.Cc1ccc2c(-c3ccccc3C)[n+](C)ccc2c1. The number of pyridine rings is 6. The summed E-state index contributed by atoms with van der Waals surface area (Å²) in [5.41, 5.74) is 41.4. The van der Waals surface area contributed by atoms with Crippen molar-refractivity contribution < 1.29 is 27.4 Å². The van der Waals surface area contributed by atoms with E-state index in [0.29, 0.717) is 5.92 Å². The van der Waals surface area contributed by atoms with Crippen LogP contribution in [-0.2, 0) is 61.5 Å². The highest BCUT2D eigenvalue weighted by atomic mass is 14.9. The maximum atomic E-state index is 2.38. The van der Waals surface area contributed by atoms with Crippen LogP contribution in [-0.4, -0.2) is 0 Å². The number of nitrogens with zero attached hydrogens (tertiary/aromatic N) is 6. The Morgan fingerprint density at radius 1 is 0.214 bits per heavy atom. The summed E-state index contributed by atoms with van der Waals surface area (Å²) in [6, 6.07) is 91.6. The number of benzene rings is 12. The lowest BCUT2D eigenvalue weighted by Gasteiger charge is -2.13. The molecular weight excluding hydrogens is 1530 g/mol. The van der Waals surface area contributed by atoms with Crippen molar-refractivity contribution in [1.29, 1.82) is 0 Å². The van der Waals surface area contributed by atoms with Crippen LogP contribution in [0.2, 0.25) is 0 Å². The zero-order valence-electron chi connectivity index (χ0n) is 80.0. The summed E-state index contributed by atoms with van der Waals surface area (Å²) < 4.78 is 13.4. The molecule has 0 unspecified atom stereocenters. The monoisotopic (exact) mass is 1660 g/mol. The quantitative estimate of drug-likeness (QED) is 0.122.